The number of benzene rings is 1. The molecule has 5 heterocycles. The Labute approximate surface area is 233 Å². The number of anilines is 3. The summed E-state index contributed by atoms with van der Waals surface area (Å²) >= 11 is 0. The minimum absolute atomic E-state index is 0.0483. The van der Waals surface area contributed by atoms with Gasteiger partial charge in [-0.15, -0.1) is 0 Å². The fourth-order valence-corrected chi connectivity index (χ4v) is 7.14. The lowest BCUT2D eigenvalue weighted by Gasteiger charge is -2.51. The summed E-state index contributed by atoms with van der Waals surface area (Å²) in [7, 11) is 2.18. The second kappa shape index (κ2) is 9.85. The van der Waals surface area contributed by atoms with Gasteiger partial charge in [-0.3, -0.25) is 19.1 Å². The van der Waals surface area contributed by atoms with Gasteiger partial charge in [0.1, 0.15) is 18.0 Å². The Kier molecular flexibility index (Phi) is 6.27. The van der Waals surface area contributed by atoms with Crippen molar-refractivity contribution in [2.45, 2.75) is 57.7 Å². The third kappa shape index (κ3) is 4.25. The van der Waals surface area contributed by atoms with Crippen LogP contribution in [0.4, 0.5) is 17.3 Å². The first-order valence-corrected chi connectivity index (χ1v) is 14.5. The van der Waals surface area contributed by atoms with Crippen LogP contribution in [0.1, 0.15) is 54.6 Å². The summed E-state index contributed by atoms with van der Waals surface area (Å²) < 4.78 is 8.01. The number of ketones is 1. The normalized spacial score (nSPS) is 22.1. The Bertz CT molecular complexity index is 1540. The molecule has 0 radical (unpaired) electrons. The van der Waals surface area contributed by atoms with Crippen molar-refractivity contribution in [3.8, 4) is 5.75 Å². The Balaban J connectivity index is 1.16. The van der Waals surface area contributed by atoms with Gasteiger partial charge in [-0.1, -0.05) is 12.8 Å². The van der Waals surface area contributed by atoms with Gasteiger partial charge in [-0.25, -0.2) is 4.98 Å². The maximum Gasteiger partial charge on any atom is 0.263 e. The number of aromatic nitrogens is 3. The molecule has 3 aliphatic heterocycles. The van der Waals surface area contributed by atoms with Crippen LogP contribution >= 0.6 is 0 Å². The van der Waals surface area contributed by atoms with Crippen LogP contribution in [0.5, 0.6) is 5.75 Å². The number of likely N-dealkylation sites (N-methyl/N-ethyl adjacent to an activating group) is 1. The quantitative estimate of drug-likeness (QED) is 0.486. The average Bonchev–Trinajstić information content (AvgIpc) is 3.45. The van der Waals surface area contributed by atoms with E-state index in [1.807, 2.05) is 19.1 Å². The Morgan fingerprint density at radius 3 is 2.62 bits per heavy atom. The summed E-state index contributed by atoms with van der Waals surface area (Å²) in [5.41, 5.74) is 3.21. The monoisotopic (exact) mass is 543 g/mol. The molecule has 3 fully saturated rings. The van der Waals surface area contributed by atoms with E-state index in [-0.39, 0.29) is 22.9 Å². The predicted octanol–water partition coefficient (Wildman–Crippen LogP) is 3.36. The van der Waals surface area contributed by atoms with Crippen molar-refractivity contribution in [3.05, 3.63) is 45.9 Å². The van der Waals surface area contributed by atoms with E-state index in [1.54, 1.807) is 10.8 Å². The molecule has 2 saturated heterocycles. The van der Waals surface area contributed by atoms with Crippen molar-refractivity contribution >= 4 is 34.1 Å². The summed E-state index contributed by atoms with van der Waals surface area (Å²) in [4.78, 5) is 42.8. The number of Topliss-reactive ketones (excluding diaryl/α,β-unsaturated/α-hetero) is 1. The molecule has 0 bridgehead atoms. The lowest BCUT2D eigenvalue weighted by molar-refractivity contribution is 0.0324. The molecule has 7 rings (SSSR count). The highest BCUT2D eigenvalue weighted by Crippen LogP contribution is 2.38. The van der Waals surface area contributed by atoms with Gasteiger partial charge >= 0.3 is 0 Å². The van der Waals surface area contributed by atoms with E-state index < -0.39 is 0 Å². The Morgan fingerprint density at radius 1 is 1.07 bits per heavy atom. The Hall–Kier alpha value is -3.50. The summed E-state index contributed by atoms with van der Waals surface area (Å²) in [6.07, 6.45) is 5.70. The molecule has 210 valence electrons. The van der Waals surface area contributed by atoms with Crippen molar-refractivity contribution < 1.29 is 9.53 Å². The standard InChI is InChI=1S/C30H37N7O3/c1-18-24-13-31-30(33-28(24)37(21-6-4-5-7-21)29(39)27(18)19(2)38)32-20-8-9-25-26(12-20)40-17-23-16-35(10-11-36(23)25)22-14-34(3)15-22/h8-9,12-13,21-23H,4-7,10-11,14-17H2,1-3H3,(H,31,32,33)/t23-/m0/s1. The summed E-state index contributed by atoms with van der Waals surface area (Å²) in [6, 6.07) is 7.26. The maximum absolute atomic E-state index is 13.5. The molecule has 4 aliphatic rings. The van der Waals surface area contributed by atoms with E-state index in [0.717, 1.165) is 80.9 Å². The molecular weight excluding hydrogens is 506 g/mol. The molecule has 0 unspecified atom stereocenters. The van der Waals surface area contributed by atoms with Crippen LogP contribution < -0.4 is 20.5 Å². The number of fused-ring (bicyclic) bond motifs is 4. The van der Waals surface area contributed by atoms with E-state index in [2.05, 4.69) is 38.1 Å². The molecule has 2 aromatic heterocycles. The zero-order chi connectivity index (χ0) is 27.5. The SMILES string of the molecule is CC(=O)c1c(C)c2cnc(Nc3ccc4c(c3)OC[C@@H]3CN(C5CN(C)C5)CCN43)nc2n(C2CCCC2)c1=O. The molecule has 1 atom stereocenters. The Morgan fingerprint density at radius 2 is 1.88 bits per heavy atom. The molecule has 3 aromatic rings. The fourth-order valence-electron chi connectivity index (χ4n) is 7.14. The van der Waals surface area contributed by atoms with Crippen LogP contribution in [0.2, 0.25) is 0 Å². The zero-order valence-corrected chi connectivity index (χ0v) is 23.5. The lowest BCUT2D eigenvalue weighted by Crippen LogP contribution is -2.65. The molecule has 1 aromatic carbocycles. The van der Waals surface area contributed by atoms with Crippen molar-refractivity contribution in [1.82, 2.24) is 24.3 Å². The van der Waals surface area contributed by atoms with Gasteiger partial charge in [0.15, 0.2) is 5.78 Å². The van der Waals surface area contributed by atoms with Gasteiger partial charge in [-0.05, 0) is 51.4 Å². The number of aryl methyl sites for hydroxylation is 1. The average molecular weight is 544 g/mol. The molecule has 1 N–H and O–H groups in total. The van der Waals surface area contributed by atoms with Crippen molar-refractivity contribution in [2.24, 2.45) is 0 Å². The summed E-state index contributed by atoms with van der Waals surface area (Å²) in [5, 5.41) is 4.08. The number of hydrogen-bond acceptors (Lipinski definition) is 9. The third-order valence-corrected chi connectivity index (χ3v) is 9.28. The molecule has 0 spiro atoms. The van der Waals surface area contributed by atoms with Gasteiger partial charge < -0.3 is 19.9 Å². The first-order chi connectivity index (χ1) is 19.4. The van der Waals surface area contributed by atoms with Crippen LogP contribution in [0.25, 0.3) is 11.0 Å². The van der Waals surface area contributed by atoms with Crippen LogP contribution in [-0.2, 0) is 0 Å². The third-order valence-electron chi connectivity index (χ3n) is 9.28. The van der Waals surface area contributed by atoms with E-state index in [9.17, 15) is 9.59 Å². The number of carbonyl (C=O) groups excluding carboxylic acids is 1. The predicted molar refractivity (Wildman–Crippen MR) is 155 cm³/mol. The maximum atomic E-state index is 13.5. The number of hydrogen-bond donors (Lipinski definition) is 1. The molecule has 1 saturated carbocycles. The van der Waals surface area contributed by atoms with Crippen LogP contribution in [0.3, 0.4) is 0 Å². The number of pyridine rings is 1. The molecule has 10 nitrogen and oxygen atoms in total. The molecule has 0 amide bonds. The number of piperazine rings is 1. The van der Waals surface area contributed by atoms with Crippen LogP contribution in [0.15, 0.2) is 29.2 Å². The van der Waals surface area contributed by atoms with Crippen LogP contribution in [0, 0.1) is 6.92 Å². The van der Waals surface area contributed by atoms with Gasteiger partial charge in [-0.2, -0.15) is 4.98 Å². The molecular formula is C30H37N7O3. The number of ether oxygens (including phenoxy) is 1. The number of likely N-dealkylation sites (tertiary alicyclic amines) is 1. The largest absolute Gasteiger partial charge is 0.489 e. The fraction of sp³-hybridized carbons (Fsp3) is 0.533. The second-order valence-corrected chi connectivity index (χ2v) is 11.9. The van der Waals surface area contributed by atoms with Crippen molar-refractivity contribution in [2.75, 3.05) is 56.6 Å². The highest BCUT2D eigenvalue weighted by Gasteiger charge is 2.38. The highest BCUT2D eigenvalue weighted by atomic mass is 16.5. The first kappa shape index (κ1) is 25.5. The number of nitrogens with one attached hydrogen (secondary N) is 1. The highest BCUT2D eigenvalue weighted by molar-refractivity contribution is 5.99. The summed E-state index contributed by atoms with van der Waals surface area (Å²) in [5.74, 6) is 1.07. The van der Waals surface area contributed by atoms with E-state index in [1.165, 1.54) is 6.92 Å². The minimum Gasteiger partial charge on any atom is -0.489 e. The second-order valence-electron chi connectivity index (χ2n) is 11.9. The molecule has 10 heteroatoms. The topological polar surface area (TPSA) is 95.8 Å². The number of nitrogens with zero attached hydrogens (tertiary/aromatic N) is 6. The summed E-state index contributed by atoms with van der Waals surface area (Å²) in [6.45, 7) is 9.38. The van der Waals surface area contributed by atoms with E-state index in [0.29, 0.717) is 35.8 Å². The van der Waals surface area contributed by atoms with Crippen molar-refractivity contribution in [3.63, 3.8) is 0 Å². The number of rotatable bonds is 5. The molecule has 40 heavy (non-hydrogen) atoms. The zero-order valence-electron chi connectivity index (χ0n) is 23.5. The van der Waals surface area contributed by atoms with Crippen molar-refractivity contribution in [1.29, 1.82) is 0 Å². The van der Waals surface area contributed by atoms with E-state index in [4.69, 9.17) is 9.72 Å². The van der Waals surface area contributed by atoms with Gasteiger partial charge in [0.2, 0.25) is 5.95 Å². The van der Waals surface area contributed by atoms with Crippen LogP contribution in [-0.4, -0.2) is 88.6 Å². The number of carbonyl (C=O) groups is 1. The van der Waals surface area contributed by atoms with Gasteiger partial charge in [0.25, 0.3) is 5.56 Å². The van der Waals surface area contributed by atoms with E-state index >= 15 is 0 Å². The van der Waals surface area contributed by atoms with Gasteiger partial charge in [0, 0.05) is 68.1 Å². The molecule has 1 aliphatic carbocycles. The lowest BCUT2D eigenvalue weighted by atomic mass is 10.0. The smallest absolute Gasteiger partial charge is 0.263 e. The van der Waals surface area contributed by atoms with Gasteiger partial charge in [0.05, 0.1) is 17.3 Å². The first-order valence-electron chi connectivity index (χ1n) is 14.5. The minimum atomic E-state index is -0.241.